The van der Waals surface area contributed by atoms with E-state index in [0.29, 0.717) is 11.9 Å². The first kappa shape index (κ1) is 14.3. The Hall–Kier alpha value is -2.63. The number of nitrogens with zero attached hydrogens (tertiary/aromatic N) is 2. The molecule has 1 saturated carbocycles. The molecule has 0 radical (unpaired) electrons. The van der Waals surface area contributed by atoms with E-state index in [1.54, 1.807) is 0 Å². The number of rotatable bonds is 5. The summed E-state index contributed by atoms with van der Waals surface area (Å²) in [6, 6.07) is 9.97. The van der Waals surface area contributed by atoms with Crippen molar-refractivity contribution in [3.63, 3.8) is 0 Å². The van der Waals surface area contributed by atoms with E-state index >= 15 is 0 Å². The quantitative estimate of drug-likeness (QED) is 0.790. The lowest BCUT2D eigenvalue weighted by molar-refractivity contribution is -0.114. The van der Waals surface area contributed by atoms with Crippen molar-refractivity contribution in [3.05, 3.63) is 36.2 Å². The van der Waals surface area contributed by atoms with Crippen molar-refractivity contribution < 1.29 is 4.79 Å². The number of aromatic nitrogens is 2. The molecule has 22 heavy (non-hydrogen) atoms. The third-order valence-corrected chi connectivity index (χ3v) is 3.22. The smallest absolute Gasteiger partial charge is 0.221 e. The fourth-order valence-corrected chi connectivity index (χ4v) is 2.17. The Labute approximate surface area is 129 Å². The standard InChI is InChI=1S/C16H19N5O/c1-10-17-15(20-12-6-7-12)9-16(18-10)21-14-5-3-4-13(8-14)19-11(2)22/h3-5,8-9,12H,6-7H2,1-2H3,(H,19,22)(H2,17,18,20,21). The average molecular weight is 297 g/mol. The van der Waals surface area contributed by atoms with Crippen LogP contribution in [0.3, 0.4) is 0 Å². The van der Waals surface area contributed by atoms with Gasteiger partial charge in [-0.15, -0.1) is 0 Å². The van der Waals surface area contributed by atoms with E-state index in [1.165, 1.54) is 19.8 Å². The summed E-state index contributed by atoms with van der Waals surface area (Å²) in [5.41, 5.74) is 1.61. The summed E-state index contributed by atoms with van der Waals surface area (Å²) in [7, 11) is 0. The van der Waals surface area contributed by atoms with Crippen LogP contribution in [-0.2, 0) is 4.79 Å². The molecule has 1 heterocycles. The van der Waals surface area contributed by atoms with Crippen LogP contribution in [0.2, 0.25) is 0 Å². The Bertz CT molecular complexity index is 697. The summed E-state index contributed by atoms with van der Waals surface area (Å²) in [5.74, 6) is 2.20. The van der Waals surface area contributed by atoms with E-state index in [9.17, 15) is 4.79 Å². The van der Waals surface area contributed by atoms with Crippen LogP contribution in [0.5, 0.6) is 0 Å². The number of carbonyl (C=O) groups is 1. The highest BCUT2D eigenvalue weighted by atomic mass is 16.1. The van der Waals surface area contributed by atoms with Gasteiger partial charge in [0.1, 0.15) is 17.5 Å². The van der Waals surface area contributed by atoms with E-state index in [1.807, 2.05) is 37.3 Å². The first-order valence-electron chi connectivity index (χ1n) is 7.35. The molecule has 0 bridgehead atoms. The van der Waals surface area contributed by atoms with E-state index in [-0.39, 0.29) is 5.91 Å². The topological polar surface area (TPSA) is 78.9 Å². The maximum absolute atomic E-state index is 11.1. The lowest BCUT2D eigenvalue weighted by Crippen LogP contribution is -2.07. The molecule has 1 aromatic carbocycles. The third-order valence-electron chi connectivity index (χ3n) is 3.22. The molecule has 6 heteroatoms. The van der Waals surface area contributed by atoms with Crippen molar-refractivity contribution in [2.75, 3.05) is 16.0 Å². The maximum atomic E-state index is 11.1. The molecule has 0 aliphatic heterocycles. The van der Waals surface area contributed by atoms with Gasteiger partial charge in [0, 0.05) is 30.4 Å². The van der Waals surface area contributed by atoms with Gasteiger partial charge < -0.3 is 16.0 Å². The summed E-state index contributed by atoms with van der Waals surface area (Å²) in [5, 5.41) is 9.39. The van der Waals surface area contributed by atoms with Crippen LogP contribution >= 0.6 is 0 Å². The Kier molecular flexibility index (Phi) is 3.91. The zero-order valence-corrected chi connectivity index (χ0v) is 12.7. The van der Waals surface area contributed by atoms with Gasteiger partial charge >= 0.3 is 0 Å². The highest BCUT2D eigenvalue weighted by molar-refractivity contribution is 5.89. The minimum atomic E-state index is -0.0917. The molecule has 6 nitrogen and oxygen atoms in total. The molecule has 1 aliphatic rings. The van der Waals surface area contributed by atoms with Crippen LogP contribution in [0.4, 0.5) is 23.0 Å². The van der Waals surface area contributed by atoms with Gasteiger partial charge in [-0.2, -0.15) is 0 Å². The molecular formula is C16H19N5O. The number of benzene rings is 1. The summed E-state index contributed by atoms with van der Waals surface area (Å²) >= 11 is 0. The zero-order valence-electron chi connectivity index (χ0n) is 12.7. The molecule has 0 atom stereocenters. The van der Waals surface area contributed by atoms with Crippen LogP contribution < -0.4 is 16.0 Å². The van der Waals surface area contributed by atoms with E-state index in [4.69, 9.17) is 0 Å². The van der Waals surface area contributed by atoms with E-state index < -0.39 is 0 Å². The van der Waals surface area contributed by atoms with Crippen molar-refractivity contribution in [3.8, 4) is 0 Å². The fourth-order valence-electron chi connectivity index (χ4n) is 2.17. The molecule has 1 fully saturated rings. The number of anilines is 4. The second-order valence-electron chi connectivity index (χ2n) is 5.49. The third kappa shape index (κ3) is 3.94. The van der Waals surface area contributed by atoms with Crippen LogP contribution in [0.1, 0.15) is 25.6 Å². The Balaban J connectivity index is 1.77. The van der Waals surface area contributed by atoms with Crippen molar-refractivity contribution in [1.82, 2.24) is 9.97 Å². The van der Waals surface area contributed by atoms with Gasteiger partial charge in [-0.1, -0.05) is 6.07 Å². The molecule has 1 aromatic heterocycles. The second kappa shape index (κ2) is 6.01. The second-order valence-corrected chi connectivity index (χ2v) is 5.49. The summed E-state index contributed by atoms with van der Waals surface area (Å²) in [6.45, 7) is 3.36. The summed E-state index contributed by atoms with van der Waals surface area (Å²) < 4.78 is 0. The molecular weight excluding hydrogens is 278 g/mol. The van der Waals surface area contributed by atoms with Gasteiger partial charge in [0.05, 0.1) is 0 Å². The maximum Gasteiger partial charge on any atom is 0.221 e. The SMILES string of the molecule is CC(=O)Nc1cccc(Nc2cc(NC3CC3)nc(C)n2)c1. The van der Waals surface area contributed by atoms with E-state index in [0.717, 1.165) is 23.0 Å². The van der Waals surface area contributed by atoms with Gasteiger partial charge in [0.15, 0.2) is 0 Å². The van der Waals surface area contributed by atoms with Crippen molar-refractivity contribution in [1.29, 1.82) is 0 Å². The van der Waals surface area contributed by atoms with Crippen molar-refractivity contribution in [2.24, 2.45) is 0 Å². The molecule has 1 amide bonds. The summed E-state index contributed by atoms with van der Waals surface area (Å²) in [4.78, 5) is 19.9. The number of hydrogen-bond acceptors (Lipinski definition) is 5. The molecule has 3 rings (SSSR count). The minimum Gasteiger partial charge on any atom is -0.367 e. The monoisotopic (exact) mass is 297 g/mol. The van der Waals surface area contributed by atoms with Gasteiger partial charge in [-0.25, -0.2) is 9.97 Å². The number of carbonyl (C=O) groups excluding carboxylic acids is 1. The first-order chi connectivity index (χ1) is 10.6. The normalized spacial score (nSPS) is 13.5. The lowest BCUT2D eigenvalue weighted by atomic mass is 10.2. The molecule has 0 saturated heterocycles. The van der Waals surface area contributed by atoms with Gasteiger partial charge in [-0.3, -0.25) is 4.79 Å². The van der Waals surface area contributed by atoms with Gasteiger partial charge in [0.25, 0.3) is 0 Å². The van der Waals surface area contributed by atoms with Crippen molar-refractivity contribution in [2.45, 2.75) is 32.7 Å². The van der Waals surface area contributed by atoms with Crippen LogP contribution in [-0.4, -0.2) is 21.9 Å². The Morgan fingerprint density at radius 1 is 1.14 bits per heavy atom. The van der Waals surface area contributed by atoms with Crippen LogP contribution in [0.15, 0.2) is 30.3 Å². The summed E-state index contributed by atoms with van der Waals surface area (Å²) in [6.07, 6.45) is 2.40. The minimum absolute atomic E-state index is 0.0917. The lowest BCUT2D eigenvalue weighted by Gasteiger charge is -2.11. The Morgan fingerprint density at radius 3 is 2.59 bits per heavy atom. The number of amides is 1. The Morgan fingerprint density at radius 2 is 1.86 bits per heavy atom. The average Bonchev–Trinajstić information content (AvgIpc) is 3.21. The largest absolute Gasteiger partial charge is 0.367 e. The molecule has 3 N–H and O–H groups in total. The molecule has 0 unspecified atom stereocenters. The van der Waals surface area contributed by atoms with Gasteiger partial charge in [0.2, 0.25) is 5.91 Å². The fraction of sp³-hybridized carbons (Fsp3) is 0.312. The molecule has 0 spiro atoms. The predicted octanol–water partition coefficient (Wildman–Crippen LogP) is 3.06. The molecule has 2 aromatic rings. The number of aryl methyl sites for hydroxylation is 1. The molecule has 1 aliphatic carbocycles. The van der Waals surface area contributed by atoms with Crippen molar-refractivity contribution >= 4 is 28.9 Å². The number of hydrogen-bond donors (Lipinski definition) is 3. The van der Waals surface area contributed by atoms with E-state index in [2.05, 4.69) is 25.9 Å². The van der Waals surface area contributed by atoms with Crippen LogP contribution in [0.25, 0.3) is 0 Å². The predicted molar refractivity (Wildman–Crippen MR) is 87.4 cm³/mol. The highest BCUT2D eigenvalue weighted by Crippen LogP contribution is 2.25. The highest BCUT2D eigenvalue weighted by Gasteiger charge is 2.21. The van der Waals surface area contributed by atoms with Crippen LogP contribution in [0, 0.1) is 6.92 Å². The number of nitrogens with one attached hydrogen (secondary N) is 3. The molecule has 114 valence electrons. The van der Waals surface area contributed by atoms with Gasteiger partial charge in [-0.05, 0) is 38.0 Å². The first-order valence-corrected chi connectivity index (χ1v) is 7.35. The zero-order chi connectivity index (χ0) is 15.5.